The quantitative estimate of drug-likeness (QED) is 0.519. The van der Waals surface area contributed by atoms with Crippen molar-refractivity contribution in [3.8, 4) is 0 Å². The molecule has 16 heavy (non-hydrogen) atoms. The molecule has 0 heterocycles. The summed E-state index contributed by atoms with van der Waals surface area (Å²) in [5, 5.41) is 2.33. The number of nitrogens with zero attached hydrogens (tertiary/aromatic N) is 1. The van der Waals surface area contributed by atoms with Gasteiger partial charge in [-0.25, -0.2) is 13.3 Å². The maximum atomic E-state index is 11.2. The van der Waals surface area contributed by atoms with Crippen molar-refractivity contribution in [2.24, 2.45) is 0 Å². The summed E-state index contributed by atoms with van der Waals surface area (Å²) in [7, 11) is 1.44. The summed E-state index contributed by atoms with van der Waals surface area (Å²) in [6.45, 7) is 2.39. The lowest BCUT2D eigenvalue weighted by Crippen LogP contribution is -2.40. The molecule has 2 N–H and O–H groups in total. The highest BCUT2D eigenvalue weighted by molar-refractivity contribution is 8.02. The number of amides is 2. The summed E-state index contributed by atoms with van der Waals surface area (Å²) < 4.78 is 20.6. The van der Waals surface area contributed by atoms with E-state index < -0.39 is 17.3 Å². The molecule has 0 bridgehead atoms. The lowest BCUT2D eigenvalue weighted by atomic mass is 10.7. The van der Waals surface area contributed by atoms with Crippen molar-refractivity contribution in [1.82, 2.24) is 9.62 Å². The number of hydrogen-bond acceptors (Lipinski definition) is 4. The average molecular weight is 286 g/mol. The molecule has 0 rings (SSSR count). The minimum atomic E-state index is -2.24. The first-order valence-electron chi connectivity index (χ1n) is 4.89. The Morgan fingerprint density at radius 1 is 1.38 bits per heavy atom. The van der Waals surface area contributed by atoms with Crippen molar-refractivity contribution >= 4 is 40.8 Å². The van der Waals surface area contributed by atoms with Crippen LogP contribution in [0.2, 0.25) is 0 Å². The smallest absolute Gasteiger partial charge is 0.330 e. The third-order valence-corrected chi connectivity index (χ3v) is 4.49. The Hall–Kier alpha value is 0.0800. The van der Waals surface area contributed by atoms with E-state index in [2.05, 4.69) is 12.2 Å². The number of thioether (sulfide) groups is 2. The highest BCUT2D eigenvalue weighted by atomic mass is 32.2. The molecule has 0 aromatic rings. The van der Waals surface area contributed by atoms with E-state index in [9.17, 15) is 9.00 Å². The summed E-state index contributed by atoms with van der Waals surface area (Å²) >= 11 is 1.30. The van der Waals surface area contributed by atoms with Crippen LogP contribution in [0.15, 0.2) is 0 Å². The van der Waals surface area contributed by atoms with Crippen molar-refractivity contribution in [3.63, 3.8) is 0 Å². The molecule has 0 fully saturated rings. The van der Waals surface area contributed by atoms with Crippen LogP contribution < -0.4 is 5.32 Å². The van der Waals surface area contributed by atoms with Crippen LogP contribution >= 0.6 is 23.5 Å². The molecule has 0 radical (unpaired) electrons. The molecule has 1 unspecified atom stereocenters. The van der Waals surface area contributed by atoms with E-state index in [1.807, 2.05) is 11.8 Å². The van der Waals surface area contributed by atoms with Crippen molar-refractivity contribution in [3.05, 3.63) is 0 Å². The highest BCUT2D eigenvalue weighted by Crippen LogP contribution is 2.07. The zero-order valence-electron chi connectivity index (χ0n) is 9.47. The Balaban J connectivity index is 3.69. The minimum Gasteiger partial charge on any atom is -0.340 e. The predicted molar refractivity (Wildman–Crippen MR) is 72.3 cm³/mol. The van der Waals surface area contributed by atoms with Crippen molar-refractivity contribution < 1.29 is 13.6 Å². The van der Waals surface area contributed by atoms with Gasteiger partial charge in [-0.15, -0.1) is 0 Å². The molecule has 5 nitrogen and oxygen atoms in total. The first-order valence-corrected chi connectivity index (χ1v) is 8.26. The van der Waals surface area contributed by atoms with Crippen molar-refractivity contribution in [2.75, 3.05) is 36.6 Å². The van der Waals surface area contributed by atoms with Gasteiger partial charge in [0.15, 0.2) is 0 Å². The van der Waals surface area contributed by atoms with Crippen LogP contribution in [0.5, 0.6) is 0 Å². The normalized spacial score (nSPS) is 12.2. The first-order chi connectivity index (χ1) is 7.63. The molecule has 0 aliphatic rings. The molecule has 8 heteroatoms. The molecule has 1 atom stereocenters. The maximum Gasteiger partial charge on any atom is 0.330 e. The van der Waals surface area contributed by atoms with Gasteiger partial charge in [-0.1, -0.05) is 6.92 Å². The van der Waals surface area contributed by atoms with Gasteiger partial charge in [-0.2, -0.15) is 23.5 Å². The van der Waals surface area contributed by atoms with E-state index in [1.165, 1.54) is 7.05 Å². The Kier molecular flexibility index (Phi) is 10.3. The van der Waals surface area contributed by atoms with Gasteiger partial charge in [0.1, 0.15) is 0 Å². The van der Waals surface area contributed by atoms with Gasteiger partial charge in [0.05, 0.1) is 0 Å². The van der Waals surface area contributed by atoms with Crippen LogP contribution in [0.25, 0.3) is 0 Å². The van der Waals surface area contributed by atoms with Crippen LogP contribution in [0.1, 0.15) is 6.92 Å². The topological polar surface area (TPSA) is 69.6 Å². The Morgan fingerprint density at radius 2 is 2.00 bits per heavy atom. The number of hydrogen-bond donors (Lipinski definition) is 2. The van der Waals surface area contributed by atoms with Gasteiger partial charge in [-0.05, 0) is 5.75 Å². The second-order valence-electron chi connectivity index (χ2n) is 2.70. The lowest BCUT2D eigenvalue weighted by Gasteiger charge is -2.16. The van der Waals surface area contributed by atoms with E-state index in [1.54, 1.807) is 11.8 Å². The highest BCUT2D eigenvalue weighted by Gasteiger charge is 2.16. The van der Waals surface area contributed by atoms with E-state index in [0.29, 0.717) is 5.75 Å². The maximum absolute atomic E-state index is 11.2. The van der Waals surface area contributed by atoms with Crippen LogP contribution in [0.3, 0.4) is 0 Å². The van der Waals surface area contributed by atoms with Gasteiger partial charge in [-0.3, -0.25) is 4.55 Å². The molecular weight excluding hydrogens is 268 g/mol. The molecule has 0 aliphatic heterocycles. The van der Waals surface area contributed by atoms with Crippen LogP contribution in [-0.4, -0.2) is 55.7 Å². The molecular formula is C8H18N2O3S3. The summed E-state index contributed by atoms with van der Waals surface area (Å²) in [6, 6.07) is -0.524. The van der Waals surface area contributed by atoms with Gasteiger partial charge in [0, 0.05) is 30.9 Å². The number of urea groups is 1. The molecule has 96 valence electrons. The van der Waals surface area contributed by atoms with Crippen molar-refractivity contribution in [1.29, 1.82) is 0 Å². The average Bonchev–Trinajstić information content (AvgIpc) is 2.26. The molecule has 0 saturated carbocycles. The standard InChI is InChI=1S/C8H18N2O3S3/c1-3-14-6-7-15-5-4-10(16(12)13)8(11)9-2/h3-7H2,1-2H3,(H,9,11)(H,12,13). The Labute approximate surface area is 108 Å². The van der Waals surface area contributed by atoms with Gasteiger partial charge in [0.2, 0.25) is 0 Å². The Morgan fingerprint density at radius 3 is 2.50 bits per heavy atom. The molecule has 0 aromatic heterocycles. The van der Waals surface area contributed by atoms with E-state index >= 15 is 0 Å². The number of carbonyl (C=O) groups excluding carboxylic acids is 1. The molecule has 2 amide bonds. The number of rotatable bonds is 8. The van der Waals surface area contributed by atoms with Crippen molar-refractivity contribution in [2.45, 2.75) is 6.92 Å². The monoisotopic (exact) mass is 286 g/mol. The zero-order valence-corrected chi connectivity index (χ0v) is 11.9. The fraction of sp³-hybridized carbons (Fsp3) is 0.875. The van der Waals surface area contributed by atoms with E-state index in [-0.39, 0.29) is 6.54 Å². The Bertz CT molecular complexity index is 229. The summed E-state index contributed by atoms with van der Waals surface area (Å²) in [5.74, 6) is 3.84. The summed E-state index contributed by atoms with van der Waals surface area (Å²) in [5.41, 5.74) is 0. The minimum absolute atomic E-state index is 0.282. The molecule has 0 aliphatic carbocycles. The van der Waals surface area contributed by atoms with Gasteiger partial charge < -0.3 is 5.32 Å². The second kappa shape index (κ2) is 10.2. The number of nitrogens with one attached hydrogen (secondary N) is 1. The third-order valence-electron chi connectivity index (χ3n) is 1.64. The second-order valence-corrected chi connectivity index (χ2v) is 6.22. The summed E-state index contributed by atoms with van der Waals surface area (Å²) in [4.78, 5) is 11.2. The first kappa shape index (κ1) is 16.1. The summed E-state index contributed by atoms with van der Waals surface area (Å²) in [6.07, 6.45) is 0. The SMILES string of the molecule is CCSCCSCCN(C(=O)NC)S(=O)O. The third kappa shape index (κ3) is 7.37. The fourth-order valence-corrected chi connectivity index (χ4v) is 3.23. The largest absolute Gasteiger partial charge is 0.340 e. The van der Waals surface area contributed by atoms with Crippen LogP contribution in [0, 0.1) is 0 Å². The van der Waals surface area contributed by atoms with E-state index in [0.717, 1.165) is 21.6 Å². The van der Waals surface area contributed by atoms with Crippen LogP contribution in [-0.2, 0) is 11.3 Å². The zero-order chi connectivity index (χ0) is 12.4. The molecule has 0 aromatic carbocycles. The molecule has 0 spiro atoms. The number of carbonyl (C=O) groups is 1. The lowest BCUT2D eigenvalue weighted by molar-refractivity contribution is 0.226. The predicted octanol–water partition coefficient (Wildman–Crippen LogP) is 1.25. The van der Waals surface area contributed by atoms with Gasteiger partial charge >= 0.3 is 6.03 Å². The molecule has 0 saturated heterocycles. The van der Waals surface area contributed by atoms with Gasteiger partial charge in [0.25, 0.3) is 11.3 Å². The fourth-order valence-electron chi connectivity index (χ4n) is 0.887. The van der Waals surface area contributed by atoms with Crippen LogP contribution in [0.4, 0.5) is 4.79 Å². The van der Waals surface area contributed by atoms with E-state index in [4.69, 9.17) is 4.55 Å².